The first kappa shape index (κ1) is 9.73. The molecule has 1 rings (SSSR count). The van der Waals surface area contributed by atoms with Crippen molar-refractivity contribution in [1.29, 1.82) is 5.26 Å². The highest BCUT2D eigenvalue weighted by molar-refractivity contribution is 14.1. The average Bonchev–Trinajstić information content (AvgIpc) is 2.09. The van der Waals surface area contributed by atoms with E-state index in [1.54, 1.807) is 28.7 Å². The van der Waals surface area contributed by atoms with E-state index in [0.29, 0.717) is 3.57 Å². The highest BCUT2D eigenvalue weighted by atomic mass is 127. The Morgan fingerprint density at radius 3 is 2.69 bits per heavy atom. The molecule has 1 aromatic carbocycles. The number of aromatic hydroxyl groups is 1. The Labute approximate surface area is 86.9 Å². The van der Waals surface area contributed by atoms with Crippen molar-refractivity contribution in [2.24, 2.45) is 0 Å². The SMILES string of the molecule is N#C[13c]1[13cH][13c](I)[13c](O)[13c]([N+](=O)[O-])[13cH]1. The Hall–Kier alpha value is -1.36. The van der Waals surface area contributed by atoms with Crippen molar-refractivity contribution in [3.63, 3.8) is 0 Å². The number of phenolic OH excluding ortho intramolecular Hbond substituents is 1. The molecule has 0 spiro atoms. The molecule has 0 saturated carbocycles. The molecule has 1 aromatic rings. The maximum atomic E-state index is 10.4. The summed E-state index contributed by atoms with van der Waals surface area (Å²) < 4.78 is 0.295. The molecule has 13 heavy (non-hydrogen) atoms. The van der Waals surface area contributed by atoms with Gasteiger partial charge in [-0.3, -0.25) is 10.1 Å². The number of nitrogens with zero attached hydrogens (tertiary/aromatic N) is 2. The maximum absolute atomic E-state index is 10.4. The first-order chi connectivity index (χ1) is 6.06. The maximum Gasteiger partial charge on any atom is 0.313 e. The van der Waals surface area contributed by atoms with Crippen LogP contribution in [0.15, 0.2) is 12.1 Å². The van der Waals surface area contributed by atoms with Crippen molar-refractivity contribution in [1.82, 2.24) is 0 Å². The van der Waals surface area contributed by atoms with E-state index in [4.69, 9.17) is 5.26 Å². The van der Waals surface area contributed by atoms with Gasteiger partial charge in [-0.05, 0) is 28.7 Å². The normalized spacial score (nSPS) is 9.23. The number of benzene rings is 1. The van der Waals surface area contributed by atoms with E-state index in [0.717, 1.165) is 6.07 Å². The molecule has 0 saturated heterocycles. The van der Waals surface area contributed by atoms with Crippen molar-refractivity contribution in [3.05, 3.63) is 31.4 Å². The third-order valence-electron chi connectivity index (χ3n) is 1.37. The summed E-state index contributed by atoms with van der Waals surface area (Å²) in [6.45, 7) is 0. The monoisotopic (exact) mass is 296 g/mol. The van der Waals surface area contributed by atoms with Gasteiger partial charge in [-0.15, -0.1) is 0 Å². The van der Waals surface area contributed by atoms with Crippen molar-refractivity contribution in [3.8, 4) is 11.8 Å². The van der Waals surface area contributed by atoms with Crippen LogP contribution in [0.5, 0.6) is 5.75 Å². The lowest BCUT2D eigenvalue weighted by Gasteiger charge is -1.98. The molecule has 0 aromatic heterocycles. The van der Waals surface area contributed by atoms with Crippen LogP contribution in [0.2, 0.25) is 0 Å². The molecule has 0 aliphatic rings. The number of nitriles is 1. The smallest absolute Gasteiger partial charge is 0.313 e. The predicted octanol–water partition coefficient (Wildman–Crippen LogP) is 1.78. The van der Waals surface area contributed by atoms with Gasteiger partial charge in [-0.1, -0.05) is 0 Å². The minimum Gasteiger partial charge on any atom is -0.501 e. The zero-order valence-electron chi connectivity index (χ0n) is 6.19. The third kappa shape index (κ3) is 1.86. The fraction of sp³-hybridized carbons (Fsp3) is 0. The third-order valence-corrected chi connectivity index (χ3v) is 2.19. The van der Waals surface area contributed by atoms with Crippen LogP contribution in [0, 0.1) is 25.0 Å². The van der Waals surface area contributed by atoms with Crippen molar-refractivity contribution in [2.75, 3.05) is 0 Å². The van der Waals surface area contributed by atoms with E-state index in [1.807, 2.05) is 0 Å². The minimum atomic E-state index is -0.724. The van der Waals surface area contributed by atoms with E-state index >= 15 is 0 Å². The van der Waals surface area contributed by atoms with Crippen LogP contribution in [0.25, 0.3) is 0 Å². The largest absolute Gasteiger partial charge is 0.501 e. The van der Waals surface area contributed by atoms with Crippen LogP contribution in [-0.2, 0) is 0 Å². The van der Waals surface area contributed by atoms with Gasteiger partial charge in [-0.25, -0.2) is 0 Å². The number of hydrogen-bond donors (Lipinski definition) is 1. The Balaban J connectivity index is 3.44. The molecular formula is C7H3IN2O3. The fourth-order valence-electron chi connectivity index (χ4n) is 0.788. The van der Waals surface area contributed by atoms with Crippen LogP contribution < -0.4 is 0 Å². The summed E-state index contributed by atoms with van der Waals surface area (Å²) in [5.74, 6) is -0.399. The van der Waals surface area contributed by atoms with Crippen molar-refractivity contribution in [2.45, 2.75) is 0 Å². The second-order valence-electron chi connectivity index (χ2n) is 2.19. The number of phenols is 1. The van der Waals surface area contributed by atoms with E-state index in [9.17, 15) is 15.2 Å². The van der Waals surface area contributed by atoms with E-state index in [1.165, 1.54) is 6.07 Å². The Kier molecular flexibility index (Phi) is 2.67. The van der Waals surface area contributed by atoms with Gasteiger partial charge in [0.05, 0.1) is 20.1 Å². The van der Waals surface area contributed by atoms with E-state index in [2.05, 4.69) is 0 Å². The van der Waals surface area contributed by atoms with Crippen LogP contribution in [0.1, 0.15) is 5.56 Å². The first-order valence-corrected chi connectivity index (χ1v) is 4.21. The molecule has 0 amide bonds. The molecular weight excluding hydrogens is 293 g/mol. The van der Waals surface area contributed by atoms with E-state index in [-0.39, 0.29) is 5.56 Å². The Morgan fingerprint density at radius 1 is 1.62 bits per heavy atom. The highest BCUT2D eigenvalue weighted by Gasteiger charge is 2.17. The summed E-state index contributed by atoms with van der Waals surface area (Å²) in [5, 5.41) is 28.1. The van der Waals surface area contributed by atoms with E-state index < -0.39 is 16.4 Å². The van der Waals surface area contributed by atoms with Gasteiger partial charge in [0, 0.05) is 6.07 Å². The molecule has 6 heteroatoms. The van der Waals surface area contributed by atoms with Crippen LogP contribution >= 0.6 is 22.6 Å². The summed E-state index contributed by atoms with van der Waals surface area (Å²) in [6.07, 6.45) is 0. The van der Waals surface area contributed by atoms with Gasteiger partial charge >= 0.3 is 5.69 Å². The van der Waals surface area contributed by atoms with Crippen LogP contribution in [0.3, 0.4) is 0 Å². The van der Waals surface area contributed by atoms with Gasteiger partial charge in [0.25, 0.3) is 0 Å². The number of nitro benzene ring substituents is 1. The minimum absolute atomic E-state index is 0.161. The molecule has 1 N–H and O–H groups in total. The molecule has 0 bridgehead atoms. The lowest BCUT2D eigenvalue weighted by molar-refractivity contribution is -0.386. The number of rotatable bonds is 1. The molecule has 66 valence electrons. The van der Waals surface area contributed by atoms with Crippen LogP contribution in [-0.4, -0.2) is 10.0 Å². The first-order valence-electron chi connectivity index (χ1n) is 3.13. The molecule has 0 aliphatic heterocycles. The van der Waals surface area contributed by atoms with Gasteiger partial charge in [0.2, 0.25) is 5.75 Å². The van der Waals surface area contributed by atoms with Crippen molar-refractivity contribution >= 4 is 28.3 Å². The zero-order valence-corrected chi connectivity index (χ0v) is 8.35. The molecule has 0 aliphatic carbocycles. The molecule has 0 heterocycles. The number of halogens is 1. The van der Waals surface area contributed by atoms with Gasteiger partial charge < -0.3 is 5.11 Å². The summed E-state index contributed by atoms with van der Waals surface area (Å²) >= 11 is 1.73. The predicted molar refractivity (Wildman–Crippen MR) is 52.2 cm³/mol. The summed E-state index contributed by atoms with van der Waals surface area (Å²) in [4.78, 5) is 9.65. The lowest BCUT2D eigenvalue weighted by Crippen LogP contribution is -1.91. The lowest BCUT2D eigenvalue weighted by atomic mass is 11.0. The topological polar surface area (TPSA) is 87.2 Å². The molecule has 0 fully saturated rings. The number of hydrogen-bond acceptors (Lipinski definition) is 4. The Bertz CT molecular complexity index is 411. The average molecular weight is 296 g/mol. The highest BCUT2D eigenvalue weighted by Crippen LogP contribution is 2.31. The van der Waals surface area contributed by atoms with Gasteiger partial charge in [0.1, 0.15) is 0 Å². The second kappa shape index (κ2) is 3.57. The molecule has 5 nitrogen and oxygen atoms in total. The molecule has 0 atom stereocenters. The quantitative estimate of drug-likeness (QED) is 0.486. The fourth-order valence-corrected chi connectivity index (χ4v) is 1.40. The Morgan fingerprint density at radius 2 is 2.23 bits per heavy atom. The molecule has 0 unspecified atom stereocenters. The van der Waals surface area contributed by atoms with Gasteiger partial charge in [-0.2, -0.15) is 5.26 Å². The van der Waals surface area contributed by atoms with Crippen LogP contribution in [0.4, 0.5) is 5.69 Å². The standard InChI is InChI=1S/C7H3IN2O3/c8-5-1-4(3-9)2-6(7(5)11)10(12)13/h1-2,11H/i1+1,2+1,4+1,5+1,6+1,7+1. The molecule has 0 radical (unpaired) electrons. The zero-order chi connectivity index (χ0) is 10.0. The second-order valence-corrected chi connectivity index (χ2v) is 3.36. The van der Waals surface area contributed by atoms with Crippen molar-refractivity contribution < 1.29 is 10.0 Å². The summed E-state index contributed by atoms with van der Waals surface area (Å²) in [6, 6.07) is 4.19. The number of nitro groups is 1. The van der Waals surface area contributed by atoms with Gasteiger partial charge in [0.15, 0.2) is 0 Å². The summed E-state index contributed by atoms with van der Waals surface area (Å²) in [7, 11) is 0. The summed E-state index contributed by atoms with van der Waals surface area (Å²) in [5.41, 5.74) is -0.280.